The second kappa shape index (κ2) is 7.58. The van der Waals surface area contributed by atoms with Crippen molar-refractivity contribution in [3.8, 4) is 11.1 Å². The van der Waals surface area contributed by atoms with Gasteiger partial charge < -0.3 is 9.64 Å². The van der Waals surface area contributed by atoms with Crippen LogP contribution in [0.4, 0.5) is 0 Å². The number of nitrogens with zero attached hydrogens (tertiary/aromatic N) is 2. The fourth-order valence-electron chi connectivity index (χ4n) is 4.22. The van der Waals surface area contributed by atoms with E-state index in [4.69, 9.17) is 4.74 Å². The highest BCUT2D eigenvalue weighted by molar-refractivity contribution is 5.83. The molecule has 2 saturated heterocycles. The van der Waals surface area contributed by atoms with Crippen LogP contribution in [0.15, 0.2) is 48.8 Å². The van der Waals surface area contributed by atoms with Crippen LogP contribution in [0.1, 0.15) is 31.2 Å². The van der Waals surface area contributed by atoms with Crippen molar-refractivity contribution >= 4 is 5.91 Å². The molecule has 2 fully saturated rings. The molecule has 0 spiro atoms. The normalized spacial score (nSPS) is 19.5. The maximum Gasteiger partial charge on any atom is 0.229 e. The summed E-state index contributed by atoms with van der Waals surface area (Å²) in [5.41, 5.74) is 3.21. The summed E-state index contributed by atoms with van der Waals surface area (Å²) in [4.78, 5) is 19.5. The average molecular weight is 350 g/mol. The van der Waals surface area contributed by atoms with E-state index >= 15 is 0 Å². The Bertz CT molecular complexity index is 730. The molecule has 3 heterocycles. The van der Waals surface area contributed by atoms with Gasteiger partial charge in [-0.3, -0.25) is 9.78 Å². The Labute approximate surface area is 155 Å². The lowest BCUT2D eigenvalue weighted by Gasteiger charge is -2.38. The first-order valence-corrected chi connectivity index (χ1v) is 9.63. The van der Waals surface area contributed by atoms with Gasteiger partial charge in [0, 0.05) is 38.7 Å². The molecule has 0 atom stereocenters. The molecule has 0 bridgehead atoms. The van der Waals surface area contributed by atoms with Gasteiger partial charge in [0.1, 0.15) is 0 Å². The molecule has 2 aliphatic heterocycles. The minimum absolute atomic E-state index is 0.293. The van der Waals surface area contributed by atoms with Gasteiger partial charge in [-0.1, -0.05) is 30.3 Å². The lowest BCUT2D eigenvalue weighted by atomic mass is 9.74. The largest absolute Gasteiger partial charge is 0.381 e. The van der Waals surface area contributed by atoms with Gasteiger partial charge in [0.2, 0.25) is 5.91 Å². The number of hydrogen-bond acceptors (Lipinski definition) is 3. The lowest BCUT2D eigenvalue weighted by Crippen LogP contribution is -2.47. The molecular weight excluding hydrogens is 324 g/mol. The molecule has 4 nitrogen and oxygen atoms in total. The molecule has 2 aromatic rings. The number of aromatic nitrogens is 1. The maximum absolute atomic E-state index is 13.3. The second-order valence-electron chi connectivity index (χ2n) is 7.51. The topological polar surface area (TPSA) is 42.4 Å². The van der Waals surface area contributed by atoms with Gasteiger partial charge >= 0.3 is 0 Å². The molecule has 136 valence electrons. The first-order valence-electron chi connectivity index (χ1n) is 9.63. The highest BCUT2D eigenvalue weighted by Gasteiger charge is 2.43. The van der Waals surface area contributed by atoms with E-state index in [1.54, 1.807) is 6.20 Å². The van der Waals surface area contributed by atoms with E-state index in [0.717, 1.165) is 56.3 Å². The average Bonchev–Trinajstić information content (AvgIpc) is 3.24. The van der Waals surface area contributed by atoms with Crippen molar-refractivity contribution in [2.45, 2.75) is 32.1 Å². The Morgan fingerprint density at radius 2 is 1.77 bits per heavy atom. The van der Waals surface area contributed by atoms with Crippen LogP contribution in [0.2, 0.25) is 0 Å². The van der Waals surface area contributed by atoms with Crippen LogP contribution in [0, 0.1) is 5.41 Å². The van der Waals surface area contributed by atoms with Gasteiger partial charge in [0.25, 0.3) is 0 Å². The van der Waals surface area contributed by atoms with E-state index in [1.807, 2.05) is 12.3 Å². The summed E-state index contributed by atoms with van der Waals surface area (Å²) in [7, 11) is 0. The molecule has 0 N–H and O–H groups in total. The number of amides is 1. The highest BCUT2D eigenvalue weighted by Crippen LogP contribution is 2.37. The minimum Gasteiger partial charge on any atom is -0.381 e. The van der Waals surface area contributed by atoms with Crippen LogP contribution in [0.25, 0.3) is 11.1 Å². The number of rotatable bonds is 4. The molecule has 1 aromatic carbocycles. The van der Waals surface area contributed by atoms with Gasteiger partial charge in [0.15, 0.2) is 0 Å². The van der Waals surface area contributed by atoms with Crippen molar-refractivity contribution < 1.29 is 9.53 Å². The number of benzene rings is 1. The number of likely N-dealkylation sites (tertiary alicyclic amines) is 1. The van der Waals surface area contributed by atoms with Gasteiger partial charge in [0.05, 0.1) is 5.41 Å². The van der Waals surface area contributed by atoms with E-state index in [-0.39, 0.29) is 5.41 Å². The zero-order valence-corrected chi connectivity index (χ0v) is 15.2. The molecule has 4 rings (SSSR count). The van der Waals surface area contributed by atoms with Crippen molar-refractivity contribution in [1.82, 2.24) is 9.88 Å². The van der Waals surface area contributed by atoms with E-state index in [0.29, 0.717) is 19.1 Å². The van der Waals surface area contributed by atoms with Crippen molar-refractivity contribution in [1.29, 1.82) is 0 Å². The Kier molecular flexibility index (Phi) is 5.02. The Morgan fingerprint density at radius 1 is 1.04 bits per heavy atom. The summed E-state index contributed by atoms with van der Waals surface area (Å²) in [5, 5.41) is 0. The predicted octanol–water partition coefficient (Wildman–Crippen LogP) is 3.71. The van der Waals surface area contributed by atoms with Crippen molar-refractivity contribution in [3.05, 3.63) is 54.4 Å². The Hall–Kier alpha value is -2.20. The fraction of sp³-hybridized carbons (Fsp3) is 0.455. The molecule has 2 aliphatic rings. The van der Waals surface area contributed by atoms with Gasteiger partial charge in [-0.15, -0.1) is 0 Å². The van der Waals surface area contributed by atoms with Crippen molar-refractivity contribution in [3.63, 3.8) is 0 Å². The molecular formula is C22H26N2O2. The maximum atomic E-state index is 13.3. The third-order valence-corrected chi connectivity index (χ3v) is 5.79. The van der Waals surface area contributed by atoms with Gasteiger partial charge in [-0.25, -0.2) is 0 Å². The Balaban J connectivity index is 1.55. The second-order valence-corrected chi connectivity index (χ2v) is 7.51. The molecule has 0 saturated carbocycles. The summed E-state index contributed by atoms with van der Waals surface area (Å²) >= 11 is 0. The number of carbonyl (C=O) groups is 1. The van der Waals surface area contributed by atoms with Crippen LogP contribution >= 0.6 is 0 Å². The van der Waals surface area contributed by atoms with Gasteiger partial charge in [-0.2, -0.15) is 0 Å². The van der Waals surface area contributed by atoms with E-state index in [9.17, 15) is 4.79 Å². The quantitative estimate of drug-likeness (QED) is 0.844. The van der Waals surface area contributed by atoms with E-state index in [1.165, 1.54) is 5.56 Å². The molecule has 4 heteroatoms. The lowest BCUT2D eigenvalue weighted by molar-refractivity contribution is -0.146. The standard InChI is InChI=1S/C22H26N2O2/c25-21(24-12-1-2-13-24)22(9-14-26-15-10-22)16-18-5-7-19(8-6-18)20-4-3-11-23-17-20/h3-8,11,17H,1-2,9-10,12-16H2. The molecule has 1 amide bonds. The fourth-order valence-corrected chi connectivity index (χ4v) is 4.22. The zero-order valence-electron chi connectivity index (χ0n) is 15.2. The summed E-state index contributed by atoms with van der Waals surface area (Å²) in [6, 6.07) is 12.6. The first kappa shape index (κ1) is 17.2. The molecule has 0 radical (unpaired) electrons. The smallest absolute Gasteiger partial charge is 0.229 e. The molecule has 0 unspecified atom stereocenters. The number of pyridine rings is 1. The van der Waals surface area contributed by atoms with Crippen LogP contribution < -0.4 is 0 Å². The van der Waals surface area contributed by atoms with Gasteiger partial charge in [-0.05, 0) is 54.9 Å². The van der Waals surface area contributed by atoms with Crippen molar-refractivity contribution in [2.24, 2.45) is 5.41 Å². The van der Waals surface area contributed by atoms with Crippen molar-refractivity contribution in [2.75, 3.05) is 26.3 Å². The summed E-state index contributed by atoms with van der Waals surface area (Å²) < 4.78 is 5.57. The van der Waals surface area contributed by atoms with Crippen LogP contribution in [-0.2, 0) is 16.0 Å². The predicted molar refractivity (Wildman–Crippen MR) is 102 cm³/mol. The number of carbonyl (C=O) groups excluding carboxylic acids is 1. The minimum atomic E-state index is -0.293. The van der Waals surface area contributed by atoms with Crippen LogP contribution in [0.5, 0.6) is 0 Å². The number of ether oxygens (including phenoxy) is 1. The summed E-state index contributed by atoms with van der Waals surface area (Å²) in [6.45, 7) is 3.21. The van der Waals surface area contributed by atoms with Crippen LogP contribution in [0.3, 0.4) is 0 Å². The van der Waals surface area contributed by atoms with E-state index < -0.39 is 0 Å². The summed E-state index contributed by atoms with van der Waals surface area (Å²) in [6.07, 6.45) is 8.40. The van der Waals surface area contributed by atoms with Crippen LogP contribution in [-0.4, -0.2) is 42.1 Å². The monoisotopic (exact) mass is 350 g/mol. The third-order valence-electron chi connectivity index (χ3n) is 5.79. The zero-order chi connectivity index (χ0) is 17.8. The SMILES string of the molecule is O=C(N1CCCC1)C1(Cc2ccc(-c3cccnc3)cc2)CCOCC1. The van der Waals surface area contributed by atoms with E-state index in [2.05, 4.69) is 40.2 Å². The first-order chi connectivity index (χ1) is 12.8. The molecule has 0 aliphatic carbocycles. The summed E-state index contributed by atoms with van der Waals surface area (Å²) in [5.74, 6) is 0.342. The third kappa shape index (κ3) is 3.51. The number of hydrogen-bond donors (Lipinski definition) is 0. The Morgan fingerprint density at radius 3 is 2.42 bits per heavy atom. The molecule has 26 heavy (non-hydrogen) atoms. The molecule has 1 aromatic heterocycles. The highest BCUT2D eigenvalue weighted by atomic mass is 16.5.